The van der Waals surface area contributed by atoms with Crippen molar-refractivity contribution in [2.45, 2.75) is 13.8 Å². The van der Waals surface area contributed by atoms with Gasteiger partial charge in [0, 0.05) is 0 Å². The number of hydrogen-bond donors (Lipinski definition) is 1. The number of benzene rings is 1. The first-order chi connectivity index (χ1) is 5.39. The van der Waals surface area contributed by atoms with Crippen molar-refractivity contribution in [1.29, 1.82) is 0 Å². The van der Waals surface area contributed by atoms with Crippen LogP contribution in [0.3, 0.4) is 0 Å². The van der Waals surface area contributed by atoms with Crippen LogP contribution < -0.4 is 0 Å². The van der Waals surface area contributed by atoms with E-state index < -0.39 is 0 Å². The average molecular weight is 158 g/mol. The van der Waals surface area contributed by atoms with Crippen LogP contribution in [0.15, 0.2) is 30.3 Å². The van der Waals surface area contributed by atoms with Crippen LogP contribution in [0, 0.1) is 0 Å². The number of aromatic hydroxyl groups is 1. The third-order valence-electron chi connectivity index (χ3n) is 0.756. The molecular weight excluding hydrogens is 143 g/mol. The smallest absolute Gasteiger partial charge is 0.115 e. The first kappa shape index (κ1) is 12.6. The molecule has 1 rings (SSSR count). The highest BCUT2D eigenvalue weighted by molar-refractivity contribution is 5.18. The summed E-state index contributed by atoms with van der Waals surface area (Å²) in [7, 11) is 0.500. The summed E-state index contributed by atoms with van der Waals surface area (Å²) in [5.74, 6) is 0.322. The molecule has 0 amide bonds. The second kappa shape index (κ2) is 11.7. The van der Waals surface area contributed by atoms with E-state index in [-0.39, 0.29) is 0 Å². The summed E-state index contributed by atoms with van der Waals surface area (Å²) in [6, 6.07) is 8.71. The molecule has 0 radical (unpaired) electrons. The molecule has 0 heterocycles. The Morgan fingerprint density at radius 1 is 1.00 bits per heavy atom. The highest BCUT2D eigenvalue weighted by Gasteiger charge is 1.74. The third-order valence-corrected chi connectivity index (χ3v) is 0.756. The molecule has 2 heteroatoms. The molecule has 11 heavy (non-hydrogen) atoms. The second-order valence-electron chi connectivity index (χ2n) is 1.34. The molecule has 0 aliphatic rings. The van der Waals surface area contributed by atoms with Crippen molar-refractivity contribution < 1.29 is 9.50 Å². The Morgan fingerprint density at radius 2 is 1.36 bits per heavy atom. The van der Waals surface area contributed by atoms with Gasteiger partial charge in [-0.05, 0) is 12.1 Å². The van der Waals surface area contributed by atoms with Crippen molar-refractivity contribution in [3.63, 3.8) is 0 Å². The molecule has 0 aliphatic carbocycles. The van der Waals surface area contributed by atoms with E-state index in [0.29, 0.717) is 12.9 Å². The van der Waals surface area contributed by atoms with Crippen LogP contribution in [0.2, 0.25) is 0 Å². The van der Waals surface area contributed by atoms with E-state index in [4.69, 9.17) is 5.11 Å². The van der Waals surface area contributed by atoms with E-state index >= 15 is 0 Å². The van der Waals surface area contributed by atoms with E-state index in [1.807, 2.05) is 19.9 Å². The molecule has 0 aliphatic heterocycles. The molecular formula is C9H15FO. The van der Waals surface area contributed by atoms with Crippen LogP contribution in [-0.2, 0) is 0 Å². The first-order valence-corrected chi connectivity index (χ1v) is 3.51. The molecule has 0 saturated heterocycles. The predicted octanol–water partition coefficient (Wildman–Crippen LogP) is 3.00. The molecule has 0 fully saturated rings. The van der Waals surface area contributed by atoms with Gasteiger partial charge < -0.3 is 5.11 Å². The predicted molar refractivity (Wildman–Crippen MR) is 46.5 cm³/mol. The second-order valence-corrected chi connectivity index (χ2v) is 1.34. The maximum absolute atomic E-state index is 9.50. The van der Waals surface area contributed by atoms with Crippen molar-refractivity contribution in [1.82, 2.24) is 0 Å². The first-order valence-electron chi connectivity index (χ1n) is 3.51. The van der Waals surface area contributed by atoms with Crippen molar-refractivity contribution in [2.24, 2.45) is 0 Å². The number of phenolic OH excluding ortho intramolecular Hbond substituents is 1. The Hall–Kier alpha value is -1.05. The zero-order valence-electron chi connectivity index (χ0n) is 7.21. The highest BCUT2D eigenvalue weighted by atomic mass is 19.1. The number of hydrogen-bond acceptors (Lipinski definition) is 1. The van der Waals surface area contributed by atoms with Crippen molar-refractivity contribution in [3.8, 4) is 5.75 Å². The van der Waals surface area contributed by atoms with Gasteiger partial charge in [-0.3, -0.25) is 4.39 Å². The van der Waals surface area contributed by atoms with Gasteiger partial charge in [0.05, 0.1) is 7.18 Å². The van der Waals surface area contributed by atoms with E-state index in [1.165, 1.54) is 0 Å². The zero-order valence-corrected chi connectivity index (χ0v) is 7.21. The fourth-order valence-electron chi connectivity index (χ4n) is 0.428. The summed E-state index contributed by atoms with van der Waals surface area (Å²) >= 11 is 0. The van der Waals surface area contributed by atoms with Crippen molar-refractivity contribution >= 4 is 0 Å². The fourth-order valence-corrected chi connectivity index (χ4v) is 0.428. The zero-order chi connectivity index (χ0) is 9.11. The number of halogens is 1. The minimum absolute atomic E-state index is 0.322. The van der Waals surface area contributed by atoms with Crippen molar-refractivity contribution in [3.05, 3.63) is 30.3 Å². The topological polar surface area (TPSA) is 20.2 Å². The molecule has 1 nitrogen and oxygen atoms in total. The number of phenols is 1. The van der Waals surface area contributed by atoms with E-state index in [9.17, 15) is 4.39 Å². The van der Waals surface area contributed by atoms with Gasteiger partial charge in [0.25, 0.3) is 0 Å². The summed E-state index contributed by atoms with van der Waals surface area (Å²) in [4.78, 5) is 0. The standard InChI is InChI=1S/C6H6O.C2H6.CH3F/c7-6-4-2-1-3-5-6;2*1-2/h1-5,7H;1-2H3;1H3. The lowest BCUT2D eigenvalue weighted by Crippen LogP contribution is -1.56. The maximum atomic E-state index is 9.50. The molecule has 0 atom stereocenters. The molecule has 1 N–H and O–H groups in total. The van der Waals surface area contributed by atoms with Gasteiger partial charge in [-0.2, -0.15) is 0 Å². The van der Waals surface area contributed by atoms with Gasteiger partial charge in [-0.1, -0.05) is 32.0 Å². The van der Waals surface area contributed by atoms with Gasteiger partial charge in [0.15, 0.2) is 0 Å². The summed E-state index contributed by atoms with van der Waals surface area (Å²) in [5, 5.41) is 8.63. The fraction of sp³-hybridized carbons (Fsp3) is 0.333. The number of para-hydroxylation sites is 1. The van der Waals surface area contributed by atoms with Crippen molar-refractivity contribution in [2.75, 3.05) is 7.18 Å². The van der Waals surface area contributed by atoms with Gasteiger partial charge in [-0.15, -0.1) is 0 Å². The summed E-state index contributed by atoms with van der Waals surface area (Å²) < 4.78 is 9.50. The van der Waals surface area contributed by atoms with Crippen LogP contribution in [0.25, 0.3) is 0 Å². The third kappa shape index (κ3) is 8.95. The van der Waals surface area contributed by atoms with Gasteiger partial charge >= 0.3 is 0 Å². The SMILES string of the molecule is CC.CF.Oc1ccccc1. The Bertz CT molecular complexity index is 139. The van der Waals surface area contributed by atoms with Crippen LogP contribution in [0.4, 0.5) is 4.39 Å². The average Bonchev–Trinajstić information content (AvgIpc) is 2.13. The Kier molecular flexibility index (Phi) is 13.4. The lowest BCUT2D eigenvalue weighted by Gasteiger charge is -1.82. The molecule has 0 aromatic heterocycles. The number of alkyl halides is 1. The van der Waals surface area contributed by atoms with Crippen LogP contribution in [0.5, 0.6) is 5.75 Å². The largest absolute Gasteiger partial charge is 0.508 e. The van der Waals surface area contributed by atoms with Crippen LogP contribution in [-0.4, -0.2) is 12.3 Å². The summed E-state index contributed by atoms with van der Waals surface area (Å²) in [6.45, 7) is 4.00. The molecule has 0 bridgehead atoms. The Balaban J connectivity index is 0. The Labute approximate surface area is 67.5 Å². The van der Waals surface area contributed by atoms with Crippen LogP contribution in [0.1, 0.15) is 13.8 Å². The number of rotatable bonds is 0. The molecule has 0 saturated carbocycles. The summed E-state index contributed by atoms with van der Waals surface area (Å²) in [5.41, 5.74) is 0. The molecule has 0 unspecified atom stereocenters. The van der Waals surface area contributed by atoms with E-state index in [1.54, 1.807) is 24.3 Å². The van der Waals surface area contributed by atoms with Gasteiger partial charge in [0.2, 0.25) is 0 Å². The normalized spacial score (nSPS) is 6.55. The van der Waals surface area contributed by atoms with Gasteiger partial charge in [-0.25, -0.2) is 0 Å². The quantitative estimate of drug-likeness (QED) is 0.615. The highest BCUT2D eigenvalue weighted by Crippen LogP contribution is 2.02. The van der Waals surface area contributed by atoms with Crippen LogP contribution >= 0.6 is 0 Å². The Morgan fingerprint density at radius 3 is 1.55 bits per heavy atom. The van der Waals surface area contributed by atoms with E-state index in [0.717, 1.165) is 0 Å². The molecule has 1 aromatic carbocycles. The minimum Gasteiger partial charge on any atom is -0.508 e. The minimum atomic E-state index is 0.322. The molecule has 1 aromatic rings. The lowest BCUT2D eigenvalue weighted by molar-refractivity contribution is 0.475. The van der Waals surface area contributed by atoms with Gasteiger partial charge in [0.1, 0.15) is 5.75 Å². The summed E-state index contributed by atoms with van der Waals surface area (Å²) in [6.07, 6.45) is 0. The molecule has 0 spiro atoms. The monoisotopic (exact) mass is 158 g/mol. The maximum Gasteiger partial charge on any atom is 0.115 e. The molecule has 64 valence electrons. The van der Waals surface area contributed by atoms with E-state index in [2.05, 4.69) is 0 Å². The lowest BCUT2D eigenvalue weighted by atomic mass is 10.3.